The maximum atomic E-state index is 2.47. The average Bonchev–Trinajstić information content (AvgIpc) is 3.52. The van der Waals surface area contributed by atoms with Crippen molar-refractivity contribution in [1.29, 1.82) is 0 Å². The van der Waals surface area contributed by atoms with Crippen molar-refractivity contribution in [3.8, 4) is 0 Å². The molecule has 2 aliphatic rings. The molecule has 0 amide bonds. The lowest BCUT2D eigenvalue weighted by Gasteiger charge is -2.12. The molecule has 0 aromatic heterocycles. The van der Waals surface area contributed by atoms with Crippen LogP contribution in [0.25, 0.3) is 0 Å². The first kappa shape index (κ1) is 20.0. The van der Waals surface area contributed by atoms with Crippen molar-refractivity contribution in [1.82, 2.24) is 0 Å². The molecule has 0 spiro atoms. The van der Waals surface area contributed by atoms with Gasteiger partial charge in [-0.15, -0.1) is 0 Å². The normalized spacial score (nSPS) is 19.5. The minimum atomic E-state index is 0.742. The maximum absolute atomic E-state index is 2.47. The van der Waals surface area contributed by atoms with Gasteiger partial charge in [-0.3, -0.25) is 0 Å². The quantitative estimate of drug-likeness (QED) is 0.313. The summed E-state index contributed by atoms with van der Waals surface area (Å²) in [6, 6.07) is 7.20. The zero-order valence-corrected chi connectivity index (χ0v) is 17.8. The van der Waals surface area contributed by atoms with Crippen molar-refractivity contribution in [3.63, 3.8) is 0 Å². The Labute approximate surface area is 163 Å². The van der Waals surface area contributed by atoms with Crippen molar-refractivity contribution in [2.75, 3.05) is 0 Å². The van der Waals surface area contributed by atoms with Crippen LogP contribution in [0.3, 0.4) is 0 Å². The molecule has 0 atom stereocenters. The minimum Gasteiger partial charge on any atom is -0.0596 e. The van der Waals surface area contributed by atoms with Crippen LogP contribution in [0.15, 0.2) is 18.2 Å². The van der Waals surface area contributed by atoms with Crippen molar-refractivity contribution in [2.24, 2.45) is 10.8 Å². The van der Waals surface area contributed by atoms with Gasteiger partial charge in [0, 0.05) is 0 Å². The van der Waals surface area contributed by atoms with E-state index in [1.807, 2.05) is 0 Å². The molecule has 1 aromatic rings. The first-order valence-corrected chi connectivity index (χ1v) is 11.6. The summed E-state index contributed by atoms with van der Waals surface area (Å²) in [5.41, 5.74) is 6.21. The van der Waals surface area contributed by atoms with E-state index in [0.29, 0.717) is 0 Å². The summed E-state index contributed by atoms with van der Waals surface area (Å²) >= 11 is 0. The van der Waals surface area contributed by atoms with Gasteiger partial charge >= 0.3 is 0 Å². The Kier molecular flexibility index (Phi) is 6.87. The third-order valence-electron chi connectivity index (χ3n) is 7.27. The second kappa shape index (κ2) is 8.94. The molecule has 0 N–H and O–H groups in total. The zero-order valence-electron chi connectivity index (χ0n) is 17.8. The van der Waals surface area contributed by atoms with Crippen LogP contribution in [0, 0.1) is 17.8 Å². The molecule has 0 bridgehead atoms. The maximum Gasteiger partial charge on any atom is -0.0276 e. The molecule has 1 aromatic carbocycles. The van der Waals surface area contributed by atoms with E-state index < -0.39 is 0 Å². The standard InChI is InChI=1S/C26H42/c1-22-13-14-23(11-8-6-10-16-26(3)19-20-26)24(21-22)12-7-4-5-9-15-25(2)17-18-25/h13-14,21H,4-12,15-20H2,1-3H3. The molecule has 0 nitrogen and oxygen atoms in total. The molecule has 2 saturated carbocycles. The smallest absolute Gasteiger partial charge is 0.0276 e. The molecule has 2 aliphatic carbocycles. The highest BCUT2D eigenvalue weighted by molar-refractivity contribution is 5.31. The van der Waals surface area contributed by atoms with Crippen molar-refractivity contribution in [3.05, 3.63) is 34.9 Å². The highest BCUT2D eigenvalue weighted by Crippen LogP contribution is 2.49. The molecule has 3 rings (SSSR count). The summed E-state index contributed by atoms with van der Waals surface area (Å²) in [7, 11) is 0. The van der Waals surface area contributed by atoms with E-state index in [4.69, 9.17) is 0 Å². The highest BCUT2D eigenvalue weighted by atomic mass is 14.4. The van der Waals surface area contributed by atoms with Gasteiger partial charge in [-0.1, -0.05) is 69.7 Å². The van der Waals surface area contributed by atoms with Crippen molar-refractivity contribution < 1.29 is 0 Å². The van der Waals surface area contributed by atoms with Gasteiger partial charge in [0.05, 0.1) is 0 Å². The molecule has 0 radical (unpaired) electrons. The number of hydrogen-bond donors (Lipinski definition) is 0. The number of rotatable bonds is 13. The summed E-state index contributed by atoms with van der Waals surface area (Å²) in [6.07, 6.45) is 21.4. The SMILES string of the molecule is Cc1ccc(CCCCCC2(C)CC2)c(CCCCCCC2(C)CC2)c1. The van der Waals surface area contributed by atoms with Crippen LogP contribution < -0.4 is 0 Å². The van der Waals surface area contributed by atoms with Crippen LogP contribution in [-0.2, 0) is 12.8 Å². The van der Waals surface area contributed by atoms with E-state index in [0.717, 1.165) is 10.8 Å². The third kappa shape index (κ3) is 6.75. The summed E-state index contributed by atoms with van der Waals surface area (Å²) in [5, 5.41) is 0. The van der Waals surface area contributed by atoms with Crippen molar-refractivity contribution >= 4 is 0 Å². The molecule has 0 saturated heterocycles. The lowest BCUT2D eigenvalue weighted by atomic mass is 9.93. The molecule has 2 fully saturated rings. The fourth-order valence-electron chi connectivity index (χ4n) is 4.42. The lowest BCUT2D eigenvalue weighted by Crippen LogP contribution is -1.98. The fourth-order valence-corrected chi connectivity index (χ4v) is 4.42. The first-order valence-electron chi connectivity index (χ1n) is 11.6. The van der Waals surface area contributed by atoms with Gasteiger partial charge in [0.1, 0.15) is 0 Å². The summed E-state index contributed by atoms with van der Waals surface area (Å²) in [5.74, 6) is 0. The highest BCUT2D eigenvalue weighted by Gasteiger charge is 2.36. The van der Waals surface area contributed by atoms with Gasteiger partial charge in [-0.2, -0.15) is 0 Å². The topological polar surface area (TPSA) is 0 Å². The average molecular weight is 355 g/mol. The van der Waals surface area contributed by atoms with Gasteiger partial charge in [0.15, 0.2) is 0 Å². The number of unbranched alkanes of at least 4 members (excludes halogenated alkanes) is 5. The Hall–Kier alpha value is -0.780. The van der Waals surface area contributed by atoms with Crippen LogP contribution in [0.4, 0.5) is 0 Å². The van der Waals surface area contributed by atoms with Crippen LogP contribution in [0.5, 0.6) is 0 Å². The Bertz CT molecular complexity index is 559. The van der Waals surface area contributed by atoms with Gasteiger partial charge in [-0.05, 0) is 93.1 Å². The van der Waals surface area contributed by atoms with Crippen LogP contribution in [0.2, 0.25) is 0 Å². The largest absolute Gasteiger partial charge is 0.0596 e. The first-order chi connectivity index (χ1) is 12.5. The van der Waals surface area contributed by atoms with E-state index in [-0.39, 0.29) is 0 Å². The zero-order chi connectivity index (χ0) is 18.5. The molecular formula is C26H42. The predicted molar refractivity (Wildman–Crippen MR) is 115 cm³/mol. The predicted octanol–water partition coefficient (Wildman–Crippen LogP) is 8.19. The Morgan fingerprint density at radius 2 is 1.15 bits per heavy atom. The minimum absolute atomic E-state index is 0.742. The van der Waals surface area contributed by atoms with E-state index >= 15 is 0 Å². The Morgan fingerprint density at radius 1 is 0.654 bits per heavy atom. The van der Waals surface area contributed by atoms with Gasteiger partial charge in [-0.25, -0.2) is 0 Å². The Balaban J connectivity index is 1.33. The van der Waals surface area contributed by atoms with E-state index in [1.165, 1.54) is 102 Å². The molecule has 0 heterocycles. The number of aryl methyl sites for hydroxylation is 3. The van der Waals surface area contributed by atoms with Crippen LogP contribution >= 0.6 is 0 Å². The molecule has 0 heteroatoms. The third-order valence-corrected chi connectivity index (χ3v) is 7.27. The molecule has 26 heavy (non-hydrogen) atoms. The molecule has 0 aliphatic heterocycles. The van der Waals surface area contributed by atoms with Gasteiger partial charge in [0.25, 0.3) is 0 Å². The van der Waals surface area contributed by atoms with Crippen LogP contribution in [0.1, 0.15) is 114 Å². The molecular weight excluding hydrogens is 312 g/mol. The van der Waals surface area contributed by atoms with E-state index in [1.54, 1.807) is 11.1 Å². The summed E-state index contributed by atoms with van der Waals surface area (Å²) < 4.78 is 0. The van der Waals surface area contributed by atoms with Gasteiger partial charge in [0.2, 0.25) is 0 Å². The molecule has 146 valence electrons. The fraction of sp³-hybridized carbons (Fsp3) is 0.769. The number of hydrogen-bond acceptors (Lipinski definition) is 0. The monoisotopic (exact) mass is 354 g/mol. The van der Waals surface area contributed by atoms with Crippen molar-refractivity contribution in [2.45, 2.75) is 117 Å². The van der Waals surface area contributed by atoms with E-state index in [9.17, 15) is 0 Å². The second-order valence-corrected chi connectivity index (χ2v) is 10.4. The summed E-state index contributed by atoms with van der Waals surface area (Å²) in [4.78, 5) is 0. The van der Waals surface area contributed by atoms with E-state index in [2.05, 4.69) is 39.0 Å². The second-order valence-electron chi connectivity index (χ2n) is 10.4. The Morgan fingerprint density at radius 3 is 1.73 bits per heavy atom. The van der Waals surface area contributed by atoms with Crippen LogP contribution in [-0.4, -0.2) is 0 Å². The summed E-state index contributed by atoms with van der Waals surface area (Å²) in [6.45, 7) is 7.19. The number of benzene rings is 1. The molecule has 0 unspecified atom stereocenters. The van der Waals surface area contributed by atoms with Gasteiger partial charge < -0.3 is 0 Å². The lowest BCUT2D eigenvalue weighted by molar-refractivity contribution is 0.471.